The van der Waals surface area contributed by atoms with Crippen molar-refractivity contribution >= 4 is 24.0 Å². The first-order valence-electron chi connectivity index (χ1n) is 6.50. The van der Waals surface area contributed by atoms with E-state index >= 15 is 0 Å². The molecule has 1 heterocycles. The molecule has 1 aromatic rings. The normalized spacial score (nSPS) is 17.2. The van der Waals surface area contributed by atoms with Crippen LogP contribution in [0.1, 0.15) is 18.4 Å². The molecule has 0 spiro atoms. The van der Waals surface area contributed by atoms with Crippen LogP contribution in [0, 0.1) is 11.7 Å². The first-order valence-corrected chi connectivity index (χ1v) is 6.88. The average molecular weight is 307 g/mol. The van der Waals surface area contributed by atoms with E-state index in [0.717, 1.165) is 25.6 Å². The molecular formula is C14H21Cl2FN2. The van der Waals surface area contributed by atoms with Crippen molar-refractivity contribution in [1.29, 1.82) is 0 Å². The molecule has 1 aromatic carbocycles. The summed E-state index contributed by atoms with van der Waals surface area (Å²) in [5.74, 6) is 0.558. The minimum atomic E-state index is -0.195. The van der Waals surface area contributed by atoms with Crippen LogP contribution < -0.4 is 5.32 Å². The van der Waals surface area contributed by atoms with Gasteiger partial charge in [-0.3, -0.25) is 4.90 Å². The van der Waals surface area contributed by atoms with Crippen molar-refractivity contribution in [2.24, 2.45) is 5.92 Å². The molecule has 5 heteroatoms. The van der Waals surface area contributed by atoms with Crippen molar-refractivity contribution in [2.45, 2.75) is 19.4 Å². The van der Waals surface area contributed by atoms with Gasteiger partial charge in [-0.15, -0.1) is 12.4 Å². The second-order valence-corrected chi connectivity index (χ2v) is 5.38. The van der Waals surface area contributed by atoms with E-state index in [1.54, 1.807) is 12.1 Å². The number of hydrogen-bond acceptors (Lipinski definition) is 2. The predicted molar refractivity (Wildman–Crippen MR) is 80.6 cm³/mol. The second-order valence-electron chi connectivity index (χ2n) is 4.98. The Morgan fingerprint density at radius 3 is 2.63 bits per heavy atom. The molecule has 19 heavy (non-hydrogen) atoms. The molecule has 0 bridgehead atoms. The first-order chi connectivity index (χ1) is 8.70. The van der Waals surface area contributed by atoms with Crippen molar-refractivity contribution in [2.75, 3.05) is 26.7 Å². The third-order valence-electron chi connectivity index (χ3n) is 3.64. The van der Waals surface area contributed by atoms with Gasteiger partial charge < -0.3 is 5.32 Å². The van der Waals surface area contributed by atoms with Gasteiger partial charge in [0.15, 0.2) is 0 Å². The van der Waals surface area contributed by atoms with Gasteiger partial charge in [-0.1, -0.05) is 17.7 Å². The molecule has 0 aliphatic carbocycles. The van der Waals surface area contributed by atoms with E-state index < -0.39 is 0 Å². The molecular weight excluding hydrogens is 286 g/mol. The summed E-state index contributed by atoms with van der Waals surface area (Å²) in [4.78, 5) is 2.29. The van der Waals surface area contributed by atoms with E-state index in [-0.39, 0.29) is 18.2 Å². The number of piperidine rings is 1. The van der Waals surface area contributed by atoms with Crippen LogP contribution in [-0.4, -0.2) is 31.6 Å². The quantitative estimate of drug-likeness (QED) is 0.918. The minimum Gasteiger partial charge on any atom is -0.319 e. The Morgan fingerprint density at radius 1 is 1.37 bits per heavy atom. The highest BCUT2D eigenvalue weighted by molar-refractivity contribution is 6.31. The topological polar surface area (TPSA) is 15.3 Å². The molecule has 1 N–H and O–H groups in total. The van der Waals surface area contributed by atoms with Crippen molar-refractivity contribution in [3.63, 3.8) is 0 Å². The maximum Gasteiger partial charge on any atom is 0.129 e. The van der Waals surface area contributed by atoms with Crippen LogP contribution in [0.3, 0.4) is 0 Å². The minimum absolute atomic E-state index is 0. The molecule has 1 saturated heterocycles. The third-order valence-corrected chi connectivity index (χ3v) is 4.00. The summed E-state index contributed by atoms with van der Waals surface area (Å²) in [5.41, 5.74) is 0.631. The molecule has 108 valence electrons. The average Bonchev–Trinajstić information content (AvgIpc) is 2.36. The summed E-state index contributed by atoms with van der Waals surface area (Å²) in [7, 11) is 1.99. The maximum absolute atomic E-state index is 13.7. The van der Waals surface area contributed by atoms with E-state index in [1.807, 2.05) is 7.05 Å². The van der Waals surface area contributed by atoms with Gasteiger partial charge in [0.05, 0.1) is 0 Å². The van der Waals surface area contributed by atoms with Gasteiger partial charge >= 0.3 is 0 Å². The van der Waals surface area contributed by atoms with E-state index in [9.17, 15) is 4.39 Å². The monoisotopic (exact) mass is 306 g/mol. The fourth-order valence-corrected chi connectivity index (χ4v) is 2.77. The van der Waals surface area contributed by atoms with Crippen molar-refractivity contribution < 1.29 is 4.39 Å². The summed E-state index contributed by atoms with van der Waals surface area (Å²) in [5, 5.41) is 3.76. The van der Waals surface area contributed by atoms with Crippen LogP contribution >= 0.6 is 24.0 Å². The summed E-state index contributed by atoms with van der Waals surface area (Å²) in [6.07, 6.45) is 2.35. The van der Waals surface area contributed by atoms with Crippen LogP contribution in [0.5, 0.6) is 0 Å². The molecule has 0 radical (unpaired) electrons. The highest BCUT2D eigenvalue weighted by Gasteiger charge is 2.20. The number of rotatable bonds is 4. The third kappa shape index (κ3) is 4.60. The van der Waals surface area contributed by atoms with Gasteiger partial charge in [-0.25, -0.2) is 4.39 Å². The number of benzene rings is 1. The lowest BCUT2D eigenvalue weighted by Crippen LogP contribution is -2.36. The Morgan fingerprint density at radius 2 is 2.05 bits per heavy atom. The van der Waals surface area contributed by atoms with Crippen molar-refractivity contribution in [3.05, 3.63) is 34.6 Å². The predicted octanol–water partition coefficient (Wildman–Crippen LogP) is 3.33. The molecule has 0 atom stereocenters. The van der Waals surface area contributed by atoms with Crippen LogP contribution in [-0.2, 0) is 6.54 Å². The zero-order valence-electron chi connectivity index (χ0n) is 11.2. The van der Waals surface area contributed by atoms with E-state index in [4.69, 9.17) is 11.6 Å². The van der Waals surface area contributed by atoms with E-state index in [0.29, 0.717) is 17.1 Å². The highest BCUT2D eigenvalue weighted by Crippen LogP contribution is 2.23. The van der Waals surface area contributed by atoms with Gasteiger partial charge in [0.2, 0.25) is 0 Å². The van der Waals surface area contributed by atoms with Crippen LogP contribution in [0.2, 0.25) is 5.02 Å². The van der Waals surface area contributed by atoms with Gasteiger partial charge in [-0.2, -0.15) is 0 Å². The van der Waals surface area contributed by atoms with Gasteiger partial charge in [0.25, 0.3) is 0 Å². The molecule has 2 nitrogen and oxygen atoms in total. The second kappa shape index (κ2) is 8.05. The first kappa shape index (κ1) is 16.7. The zero-order valence-corrected chi connectivity index (χ0v) is 12.7. The van der Waals surface area contributed by atoms with Crippen molar-refractivity contribution in [3.8, 4) is 0 Å². The number of nitrogens with one attached hydrogen (secondary N) is 1. The van der Waals surface area contributed by atoms with Crippen molar-refractivity contribution in [1.82, 2.24) is 10.2 Å². The van der Waals surface area contributed by atoms with Gasteiger partial charge in [-0.05, 0) is 57.6 Å². The van der Waals surface area contributed by atoms with Gasteiger partial charge in [0, 0.05) is 17.1 Å². The number of halogens is 3. The SMILES string of the molecule is CNCC1CCN(Cc2c(F)cccc2Cl)CC1.Cl. The lowest BCUT2D eigenvalue weighted by molar-refractivity contribution is 0.175. The van der Waals surface area contributed by atoms with Crippen LogP contribution in [0.15, 0.2) is 18.2 Å². The molecule has 0 saturated carbocycles. The molecule has 0 aromatic heterocycles. The van der Waals surface area contributed by atoms with Crippen LogP contribution in [0.4, 0.5) is 4.39 Å². The summed E-state index contributed by atoms with van der Waals surface area (Å²) in [6, 6.07) is 4.89. The Hall–Kier alpha value is -0.350. The lowest BCUT2D eigenvalue weighted by atomic mass is 9.96. The Bertz CT molecular complexity index is 373. The number of hydrogen-bond donors (Lipinski definition) is 1. The highest BCUT2D eigenvalue weighted by atomic mass is 35.5. The molecule has 1 fully saturated rings. The molecule has 1 aliphatic rings. The molecule has 0 unspecified atom stereocenters. The molecule has 2 rings (SSSR count). The fraction of sp³-hybridized carbons (Fsp3) is 0.571. The number of likely N-dealkylation sites (tertiary alicyclic amines) is 1. The Balaban J connectivity index is 0.00000180. The van der Waals surface area contributed by atoms with Crippen LogP contribution in [0.25, 0.3) is 0 Å². The number of nitrogens with zero attached hydrogens (tertiary/aromatic N) is 1. The molecule has 0 amide bonds. The Labute approximate surface area is 125 Å². The van der Waals surface area contributed by atoms with Gasteiger partial charge in [0.1, 0.15) is 5.82 Å². The summed E-state index contributed by atoms with van der Waals surface area (Å²) in [6.45, 7) is 3.75. The largest absolute Gasteiger partial charge is 0.319 e. The molecule has 1 aliphatic heterocycles. The summed E-state index contributed by atoms with van der Waals surface area (Å²) >= 11 is 6.05. The van der Waals surface area contributed by atoms with E-state index in [1.165, 1.54) is 18.9 Å². The smallest absolute Gasteiger partial charge is 0.129 e. The maximum atomic E-state index is 13.7. The summed E-state index contributed by atoms with van der Waals surface area (Å²) < 4.78 is 13.7. The van der Waals surface area contributed by atoms with E-state index in [2.05, 4.69) is 10.2 Å². The fourth-order valence-electron chi connectivity index (χ4n) is 2.54. The standard InChI is InChI=1S/C14H20ClFN2.ClH/c1-17-9-11-5-7-18(8-6-11)10-12-13(15)3-2-4-14(12)16;/h2-4,11,17H,5-10H2,1H3;1H. The zero-order chi connectivity index (χ0) is 13.0. The lowest BCUT2D eigenvalue weighted by Gasteiger charge is -2.32. The Kier molecular flexibility index (Phi) is 7.08.